The summed E-state index contributed by atoms with van der Waals surface area (Å²) in [5.41, 5.74) is 9.29. The number of aliphatic imine (C=N–C) groups is 1. The van der Waals surface area contributed by atoms with E-state index in [-0.39, 0.29) is 6.04 Å². The fourth-order valence-corrected chi connectivity index (χ4v) is 2.46. The summed E-state index contributed by atoms with van der Waals surface area (Å²) in [4.78, 5) is 6.51. The van der Waals surface area contributed by atoms with Gasteiger partial charge in [-0.05, 0) is 17.2 Å². The highest BCUT2D eigenvalue weighted by Crippen LogP contribution is 2.33. The lowest BCUT2D eigenvalue weighted by molar-refractivity contribution is 0.444. The molecule has 100 valence electrons. The minimum atomic E-state index is 0.0800. The standard InChI is InChI=1S/C17H17N3/c1-20-16(14-10-6-3-7-11-14)15(19-17(20)18)12-13-8-4-2-5-9-13/h2-12,16H,1H3,(H2,18,19). The Balaban J connectivity index is 2.02. The SMILES string of the molecule is CN1C(N)=NC(=Cc2ccccc2)C1c1ccccc1. The van der Waals surface area contributed by atoms with Crippen LogP contribution in [0.5, 0.6) is 0 Å². The topological polar surface area (TPSA) is 41.6 Å². The molecule has 0 bridgehead atoms. The van der Waals surface area contributed by atoms with Gasteiger partial charge in [-0.25, -0.2) is 4.99 Å². The third kappa shape index (κ3) is 2.30. The lowest BCUT2D eigenvalue weighted by atomic mass is 10.0. The second-order valence-electron chi connectivity index (χ2n) is 4.87. The summed E-state index contributed by atoms with van der Waals surface area (Å²) in [6, 6.07) is 20.6. The summed E-state index contributed by atoms with van der Waals surface area (Å²) in [7, 11) is 1.97. The molecule has 2 aromatic carbocycles. The van der Waals surface area contributed by atoms with Crippen molar-refractivity contribution in [2.75, 3.05) is 7.05 Å². The van der Waals surface area contributed by atoms with Crippen LogP contribution in [0.15, 0.2) is 71.4 Å². The zero-order valence-corrected chi connectivity index (χ0v) is 11.4. The maximum Gasteiger partial charge on any atom is 0.196 e. The summed E-state index contributed by atoms with van der Waals surface area (Å²) >= 11 is 0. The average Bonchev–Trinajstić information content (AvgIpc) is 2.76. The molecule has 1 unspecified atom stereocenters. The Hall–Kier alpha value is -2.55. The summed E-state index contributed by atoms with van der Waals surface area (Å²) < 4.78 is 0. The molecule has 2 aromatic rings. The summed E-state index contributed by atoms with van der Waals surface area (Å²) in [6.45, 7) is 0. The van der Waals surface area contributed by atoms with Gasteiger partial charge < -0.3 is 10.6 Å². The zero-order chi connectivity index (χ0) is 13.9. The highest BCUT2D eigenvalue weighted by atomic mass is 15.3. The van der Waals surface area contributed by atoms with E-state index in [2.05, 4.69) is 35.3 Å². The van der Waals surface area contributed by atoms with Gasteiger partial charge in [-0.15, -0.1) is 0 Å². The van der Waals surface area contributed by atoms with Gasteiger partial charge in [-0.2, -0.15) is 0 Å². The van der Waals surface area contributed by atoms with E-state index in [0.29, 0.717) is 5.96 Å². The number of likely N-dealkylation sites (N-methyl/N-ethyl adjacent to an activating group) is 1. The quantitative estimate of drug-likeness (QED) is 0.905. The van der Waals surface area contributed by atoms with Crippen molar-refractivity contribution in [2.45, 2.75) is 6.04 Å². The van der Waals surface area contributed by atoms with Crippen LogP contribution >= 0.6 is 0 Å². The molecule has 0 saturated carbocycles. The number of rotatable bonds is 2. The first-order chi connectivity index (χ1) is 9.75. The van der Waals surface area contributed by atoms with Crippen molar-refractivity contribution >= 4 is 12.0 Å². The Morgan fingerprint density at radius 1 is 1.00 bits per heavy atom. The molecule has 3 heteroatoms. The predicted molar refractivity (Wildman–Crippen MR) is 83.0 cm³/mol. The molecule has 0 fully saturated rings. The summed E-state index contributed by atoms with van der Waals surface area (Å²) in [5.74, 6) is 0.557. The van der Waals surface area contributed by atoms with E-state index in [1.165, 1.54) is 5.56 Å². The van der Waals surface area contributed by atoms with E-state index in [4.69, 9.17) is 5.73 Å². The smallest absolute Gasteiger partial charge is 0.196 e. The highest BCUT2D eigenvalue weighted by molar-refractivity contribution is 5.84. The van der Waals surface area contributed by atoms with Gasteiger partial charge in [0.25, 0.3) is 0 Å². The molecule has 1 aliphatic rings. The van der Waals surface area contributed by atoms with E-state index < -0.39 is 0 Å². The summed E-state index contributed by atoms with van der Waals surface area (Å²) in [5, 5.41) is 0. The molecule has 1 aliphatic heterocycles. The molecule has 20 heavy (non-hydrogen) atoms. The predicted octanol–water partition coefficient (Wildman–Crippen LogP) is 3.03. The van der Waals surface area contributed by atoms with Crippen LogP contribution in [-0.4, -0.2) is 17.9 Å². The van der Waals surface area contributed by atoms with Gasteiger partial charge in [-0.1, -0.05) is 60.7 Å². The molecule has 2 N–H and O–H groups in total. The first-order valence-corrected chi connectivity index (χ1v) is 6.64. The van der Waals surface area contributed by atoms with Gasteiger partial charge in [-0.3, -0.25) is 0 Å². The molecule has 0 amide bonds. The van der Waals surface area contributed by atoms with Crippen LogP contribution < -0.4 is 5.73 Å². The van der Waals surface area contributed by atoms with Crippen molar-refractivity contribution in [1.82, 2.24) is 4.90 Å². The molecule has 0 spiro atoms. The van der Waals surface area contributed by atoms with Gasteiger partial charge in [0.2, 0.25) is 0 Å². The van der Waals surface area contributed by atoms with Crippen molar-refractivity contribution in [3.8, 4) is 0 Å². The maximum atomic E-state index is 5.99. The van der Waals surface area contributed by atoms with Gasteiger partial charge in [0.05, 0.1) is 11.7 Å². The third-order valence-electron chi connectivity index (χ3n) is 3.50. The van der Waals surface area contributed by atoms with E-state index in [1.807, 2.05) is 48.3 Å². The summed E-state index contributed by atoms with van der Waals surface area (Å²) in [6.07, 6.45) is 2.09. The van der Waals surface area contributed by atoms with Gasteiger partial charge in [0.15, 0.2) is 5.96 Å². The molecule has 3 nitrogen and oxygen atoms in total. The molecular formula is C17H17N3. The first-order valence-electron chi connectivity index (χ1n) is 6.64. The van der Waals surface area contributed by atoms with Crippen molar-refractivity contribution in [3.63, 3.8) is 0 Å². The molecule has 0 radical (unpaired) electrons. The number of guanidine groups is 1. The Kier molecular flexibility index (Phi) is 3.25. The number of hydrogen-bond acceptors (Lipinski definition) is 3. The normalized spacial score (nSPS) is 20.2. The monoisotopic (exact) mass is 263 g/mol. The second-order valence-corrected chi connectivity index (χ2v) is 4.87. The Bertz CT molecular complexity index is 644. The van der Waals surface area contributed by atoms with E-state index >= 15 is 0 Å². The van der Waals surface area contributed by atoms with Gasteiger partial charge >= 0.3 is 0 Å². The molecule has 1 atom stereocenters. The lowest BCUT2D eigenvalue weighted by Gasteiger charge is -2.22. The molecule has 0 aliphatic carbocycles. The number of hydrogen-bond donors (Lipinski definition) is 1. The lowest BCUT2D eigenvalue weighted by Crippen LogP contribution is -2.32. The van der Waals surface area contributed by atoms with E-state index in [1.54, 1.807) is 0 Å². The molecule has 0 aromatic heterocycles. The zero-order valence-electron chi connectivity index (χ0n) is 11.4. The molecule has 3 rings (SSSR count). The minimum Gasteiger partial charge on any atom is -0.369 e. The first kappa shape index (κ1) is 12.5. The maximum absolute atomic E-state index is 5.99. The van der Waals surface area contributed by atoms with Crippen molar-refractivity contribution in [2.24, 2.45) is 10.7 Å². The largest absolute Gasteiger partial charge is 0.369 e. The Morgan fingerprint density at radius 3 is 2.25 bits per heavy atom. The molecule has 0 saturated heterocycles. The average molecular weight is 263 g/mol. The third-order valence-corrected chi connectivity index (χ3v) is 3.50. The Morgan fingerprint density at radius 2 is 1.60 bits per heavy atom. The minimum absolute atomic E-state index is 0.0800. The fourth-order valence-electron chi connectivity index (χ4n) is 2.46. The highest BCUT2D eigenvalue weighted by Gasteiger charge is 2.28. The van der Waals surface area contributed by atoms with Crippen LogP contribution in [0.4, 0.5) is 0 Å². The molecule has 1 heterocycles. The van der Waals surface area contributed by atoms with Crippen LogP contribution in [0.25, 0.3) is 6.08 Å². The van der Waals surface area contributed by atoms with Gasteiger partial charge in [0, 0.05) is 7.05 Å². The van der Waals surface area contributed by atoms with E-state index in [9.17, 15) is 0 Å². The number of benzene rings is 2. The van der Waals surface area contributed by atoms with Crippen LogP contribution in [0.1, 0.15) is 17.2 Å². The van der Waals surface area contributed by atoms with Crippen molar-refractivity contribution in [3.05, 3.63) is 77.5 Å². The number of nitrogens with zero attached hydrogens (tertiary/aromatic N) is 2. The number of nitrogens with two attached hydrogens (primary N) is 1. The fraction of sp³-hybridized carbons (Fsp3) is 0.118. The van der Waals surface area contributed by atoms with Crippen LogP contribution in [0, 0.1) is 0 Å². The van der Waals surface area contributed by atoms with E-state index in [0.717, 1.165) is 11.3 Å². The van der Waals surface area contributed by atoms with Crippen molar-refractivity contribution in [1.29, 1.82) is 0 Å². The van der Waals surface area contributed by atoms with Crippen molar-refractivity contribution < 1.29 is 0 Å². The van der Waals surface area contributed by atoms with Gasteiger partial charge in [0.1, 0.15) is 0 Å². The molecular weight excluding hydrogens is 246 g/mol. The van der Waals surface area contributed by atoms with Crippen LogP contribution in [-0.2, 0) is 0 Å². The second kappa shape index (κ2) is 5.21. The van der Waals surface area contributed by atoms with Crippen LogP contribution in [0.3, 0.4) is 0 Å². The Labute approximate surface area is 119 Å². The van der Waals surface area contributed by atoms with Crippen LogP contribution in [0.2, 0.25) is 0 Å².